The number of hydrogen-bond acceptors (Lipinski definition) is 1. The fraction of sp³-hybridized carbons (Fsp3) is 0.800. The van der Waals surface area contributed by atoms with Crippen LogP contribution in [0.5, 0.6) is 0 Å². The van der Waals surface area contributed by atoms with Gasteiger partial charge in [0.2, 0.25) is 0 Å². The SMILES string of the molecule is C=S(=N)(N)NC(C)(C)[I-]C. The van der Waals surface area contributed by atoms with Crippen molar-refractivity contribution in [3.05, 3.63) is 0 Å². The van der Waals surface area contributed by atoms with Crippen LogP contribution in [0.4, 0.5) is 0 Å². The van der Waals surface area contributed by atoms with Crippen molar-refractivity contribution < 1.29 is 21.2 Å². The first-order valence-corrected chi connectivity index (χ1v) is 7.85. The maximum absolute atomic E-state index is 7.35. The van der Waals surface area contributed by atoms with Crippen molar-refractivity contribution in [1.29, 1.82) is 4.78 Å². The first-order valence-electron chi connectivity index (χ1n) is 2.75. The molecule has 1 unspecified atom stereocenters. The Labute approximate surface area is 73.7 Å². The van der Waals surface area contributed by atoms with Crippen LogP contribution < -0.4 is 31.1 Å². The van der Waals surface area contributed by atoms with Gasteiger partial charge < -0.3 is 0 Å². The van der Waals surface area contributed by atoms with Gasteiger partial charge in [-0.2, -0.15) is 0 Å². The maximum atomic E-state index is 7.35. The van der Waals surface area contributed by atoms with E-state index in [1.807, 2.05) is 0 Å². The van der Waals surface area contributed by atoms with Crippen LogP contribution in [0.25, 0.3) is 0 Å². The zero-order valence-corrected chi connectivity index (χ0v) is 9.54. The van der Waals surface area contributed by atoms with Gasteiger partial charge in [0.25, 0.3) is 0 Å². The van der Waals surface area contributed by atoms with E-state index in [-0.39, 0.29) is 24.8 Å². The van der Waals surface area contributed by atoms with Gasteiger partial charge >= 0.3 is 73.8 Å². The number of hydrogen-bond donors (Lipinski definition) is 3. The summed E-state index contributed by atoms with van der Waals surface area (Å²) >= 11 is 0.0648. The van der Waals surface area contributed by atoms with E-state index in [9.17, 15) is 0 Å². The molecule has 10 heavy (non-hydrogen) atoms. The molecule has 0 aromatic carbocycles. The molecule has 0 saturated heterocycles. The van der Waals surface area contributed by atoms with E-state index in [0.29, 0.717) is 0 Å². The van der Waals surface area contributed by atoms with Crippen LogP contribution in [0.2, 0.25) is 0 Å². The number of nitrogens with two attached hydrogens (primary N) is 1. The van der Waals surface area contributed by atoms with Gasteiger partial charge in [0.05, 0.1) is 0 Å². The zero-order valence-electron chi connectivity index (χ0n) is 6.57. The van der Waals surface area contributed by atoms with E-state index < -0.39 is 9.79 Å². The van der Waals surface area contributed by atoms with Crippen LogP contribution in [-0.4, -0.2) is 14.3 Å². The Morgan fingerprint density at radius 1 is 1.70 bits per heavy atom. The minimum atomic E-state index is -2.02. The van der Waals surface area contributed by atoms with Gasteiger partial charge in [0.15, 0.2) is 0 Å². The molecule has 0 bridgehead atoms. The van der Waals surface area contributed by atoms with Crippen LogP contribution in [0.3, 0.4) is 0 Å². The van der Waals surface area contributed by atoms with Gasteiger partial charge in [-0.1, -0.05) is 0 Å². The van der Waals surface area contributed by atoms with E-state index >= 15 is 0 Å². The fourth-order valence-corrected chi connectivity index (χ4v) is 3.25. The molecule has 0 saturated carbocycles. The summed E-state index contributed by atoms with van der Waals surface area (Å²) in [4.78, 5) is 2.16. The van der Waals surface area contributed by atoms with Crippen molar-refractivity contribution in [2.75, 3.05) is 4.93 Å². The van der Waals surface area contributed by atoms with E-state index in [0.717, 1.165) is 0 Å². The summed E-state index contributed by atoms with van der Waals surface area (Å²) in [7, 11) is -2.02. The first kappa shape index (κ1) is 10.7. The zero-order chi connectivity index (χ0) is 8.41. The van der Waals surface area contributed by atoms with Crippen LogP contribution >= 0.6 is 0 Å². The quantitative estimate of drug-likeness (QED) is 0.225. The van der Waals surface area contributed by atoms with Crippen LogP contribution in [0.1, 0.15) is 13.8 Å². The van der Waals surface area contributed by atoms with Crippen molar-refractivity contribution in [2.45, 2.75) is 17.4 Å². The van der Waals surface area contributed by atoms with Gasteiger partial charge in [-0.15, -0.1) is 0 Å². The molecule has 0 aromatic rings. The Kier molecular flexibility index (Phi) is 3.60. The van der Waals surface area contributed by atoms with Crippen molar-refractivity contribution in [3.63, 3.8) is 0 Å². The molecule has 0 heterocycles. The minimum absolute atomic E-state index is 0.0481. The molecular weight excluding hydrogens is 261 g/mol. The summed E-state index contributed by atoms with van der Waals surface area (Å²) in [6.07, 6.45) is 0. The molecule has 0 rings (SSSR count). The Morgan fingerprint density at radius 2 is 2.10 bits per heavy atom. The molecule has 0 spiro atoms. The molecule has 3 nitrogen and oxygen atoms in total. The summed E-state index contributed by atoms with van der Waals surface area (Å²) < 4.78 is 10.4. The molecule has 0 amide bonds. The summed E-state index contributed by atoms with van der Waals surface area (Å²) in [6, 6.07) is 0. The van der Waals surface area contributed by atoms with Gasteiger partial charge in [-0.3, -0.25) is 0 Å². The van der Waals surface area contributed by atoms with E-state index in [1.165, 1.54) is 0 Å². The summed E-state index contributed by atoms with van der Waals surface area (Å²) in [5.74, 6) is 3.54. The molecule has 0 aliphatic rings. The second-order valence-corrected chi connectivity index (χ2v) is 8.12. The summed E-state index contributed by atoms with van der Waals surface area (Å²) in [6.45, 7) is 4.13. The Bertz CT molecular complexity index is 195. The molecule has 0 aliphatic heterocycles. The van der Waals surface area contributed by atoms with Gasteiger partial charge in [0, 0.05) is 0 Å². The normalized spacial score (nSPS) is 18.8. The third-order valence-electron chi connectivity index (χ3n) is 0.897. The first-order chi connectivity index (χ1) is 4.27. The van der Waals surface area contributed by atoms with Crippen molar-refractivity contribution >= 4 is 15.7 Å². The summed E-state index contributed by atoms with van der Waals surface area (Å²) in [5.41, 5.74) is 0. The van der Waals surface area contributed by atoms with Crippen LogP contribution in [0.15, 0.2) is 0 Å². The topological polar surface area (TPSA) is 61.9 Å². The van der Waals surface area contributed by atoms with E-state index in [2.05, 4.69) is 29.4 Å². The molecule has 0 fully saturated rings. The van der Waals surface area contributed by atoms with Crippen molar-refractivity contribution in [1.82, 2.24) is 4.72 Å². The molecule has 0 aliphatic carbocycles. The summed E-state index contributed by atoms with van der Waals surface area (Å²) in [5, 5.41) is 5.44. The number of alkyl halides is 2. The number of halogens is 1. The molecule has 5 heteroatoms. The monoisotopic (exact) mass is 276 g/mol. The van der Waals surface area contributed by atoms with E-state index in [4.69, 9.17) is 9.92 Å². The molecular formula is C5H15IN3S-. The Hall–Kier alpha value is 0.670. The average molecular weight is 276 g/mol. The molecule has 0 aromatic heterocycles. The molecule has 1 atom stereocenters. The predicted molar refractivity (Wildman–Crippen MR) is 44.5 cm³/mol. The standard InChI is InChI=1S/C5H15IN3S/c1-5(2,6-3)9-10(4,7)8/h4H2,1-3H3,(H4,7,8,9)/q-1. The van der Waals surface area contributed by atoms with Crippen molar-refractivity contribution in [3.8, 4) is 0 Å². The number of nitrogens with one attached hydrogen (secondary N) is 2. The Balaban J connectivity index is 4.16. The second kappa shape index (κ2) is 3.38. The van der Waals surface area contributed by atoms with Gasteiger partial charge in [0.1, 0.15) is 0 Å². The number of rotatable bonds is 3. The molecule has 4 N–H and O–H groups in total. The third kappa shape index (κ3) is 5.45. The van der Waals surface area contributed by atoms with Crippen molar-refractivity contribution in [2.24, 2.45) is 5.14 Å². The average Bonchev–Trinajstić information content (AvgIpc) is 1.60. The van der Waals surface area contributed by atoms with E-state index in [1.54, 1.807) is 0 Å². The molecule has 0 radical (unpaired) electrons. The van der Waals surface area contributed by atoms with Gasteiger partial charge in [-0.05, 0) is 0 Å². The third-order valence-corrected chi connectivity index (χ3v) is 5.10. The van der Waals surface area contributed by atoms with Crippen LogP contribution in [-0.2, 0) is 9.79 Å². The second-order valence-electron chi connectivity index (χ2n) is 2.56. The predicted octanol–water partition coefficient (Wildman–Crippen LogP) is -2.83. The fourth-order valence-electron chi connectivity index (χ4n) is 0.472. The van der Waals surface area contributed by atoms with Gasteiger partial charge in [-0.25, -0.2) is 0 Å². The Morgan fingerprint density at radius 3 is 2.20 bits per heavy atom. The molecule has 64 valence electrons. The van der Waals surface area contributed by atoms with Crippen LogP contribution in [0, 0.1) is 4.78 Å².